The van der Waals surface area contributed by atoms with E-state index in [0.717, 1.165) is 0 Å². The molecule has 5 atom stereocenters. The van der Waals surface area contributed by atoms with Crippen molar-refractivity contribution in [2.75, 3.05) is 12.3 Å². The summed E-state index contributed by atoms with van der Waals surface area (Å²) in [6.07, 6.45) is -0.872. The first-order valence-electron chi connectivity index (χ1n) is 10.9. The molecule has 2 fully saturated rings. The maximum Gasteiger partial charge on any atom is 0.348 e. The molecule has 0 bridgehead atoms. The van der Waals surface area contributed by atoms with Gasteiger partial charge in [-0.05, 0) is 13.8 Å². The van der Waals surface area contributed by atoms with E-state index in [4.69, 9.17) is 52.6 Å². The van der Waals surface area contributed by atoms with E-state index >= 15 is 0 Å². The second-order valence-corrected chi connectivity index (χ2v) is 10.9. The van der Waals surface area contributed by atoms with Gasteiger partial charge in [0.1, 0.15) is 36.8 Å². The summed E-state index contributed by atoms with van der Waals surface area (Å²) in [4.78, 5) is 35.9. The molecule has 12 nitrogen and oxygen atoms in total. The maximum absolute atomic E-state index is 12.9. The number of esters is 2. The second-order valence-electron chi connectivity index (χ2n) is 9.83. The van der Waals surface area contributed by atoms with Crippen LogP contribution in [0.4, 0.5) is 5.82 Å². The number of imidazole rings is 1. The summed E-state index contributed by atoms with van der Waals surface area (Å²) in [5.41, 5.74) is 6.02. The fourth-order valence-corrected chi connectivity index (χ4v) is 4.16. The van der Waals surface area contributed by atoms with Crippen LogP contribution < -0.4 is 5.73 Å². The molecule has 35 heavy (non-hydrogen) atoms. The Bertz CT molecular complexity index is 1120. The van der Waals surface area contributed by atoms with Gasteiger partial charge in [0.15, 0.2) is 23.5 Å². The highest BCUT2D eigenvalue weighted by Crippen LogP contribution is 2.44. The van der Waals surface area contributed by atoms with Crippen LogP contribution in [0.1, 0.15) is 40.8 Å². The van der Waals surface area contributed by atoms with Crippen LogP contribution in [0.25, 0.3) is 11.2 Å². The molecule has 0 amide bonds. The van der Waals surface area contributed by atoms with Crippen LogP contribution >= 0.6 is 23.2 Å². The lowest BCUT2D eigenvalue weighted by atomic mass is 9.89. The number of alkyl halides is 2. The van der Waals surface area contributed by atoms with E-state index in [1.54, 1.807) is 39.2 Å². The molecule has 0 spiro atoms. The molecular weight excluding hydrogens is 505 g/mol. The number of fused-ring (bicyclic) bond motifs is 2. The Morgan fingerprint density at radius 2 is 1.86 bits per heavy atom. The third-order valence-corrected chi connectivity index (χ3v) is 5.95. The molecule has 2 aliphatic rings. The standard InChI is InChI=1S/C21H27Cl2N5O7/c1-20(2,3)13(33-19(30)14(22)23)18(29)31-6-9-11-12(35-21(4,5)34-11)17(32-9)28-8-27-10-15(24)25-7-26-16(10)28/h7-9,11-14,17H,6H2,1-5H3,(H2,24,25,26)/t9-,11-,12-,13?,17-/m1/s1. The number of nitrogens with zero attached hydrogens (tertiary/aromatic N) is 4. The van der Waals surface area contributed by atoms with E-state index in [0.29, 0.717) is 11.2 Å². The first-order chi connectivity index (χ1) is 16.3. The molecule has 1 unspecified atom stereocenters. The topological polar surface area (TPSA) is 150 Å². The number of carbonyl (C=O) groups is 2. The van der Waals surface area contributed by atoms with Gasteiger partial charge in [-0.2, -0.15) is 0 Å². The van der Waals surface area contributed by atoms with Crippen LogP contribution in [0, 0.1) is 5.41 Å². The van der Waals surface area contributed by atoms with Crippen LogP contribution in [0.2, 0.25) is 0 Å². The molecule has 2 saturated heterocycles. The predicted octanol–water partition coefficient (Wildman–Crippen LogP) is 2.13. The third-order valence-electron chi connectivity index (χ3n) is 5.59. The Balaban J connectivity index is 1.53. The zero-order valence-electron chi connectivity index (χ0n) is 19.8. The fourth-order valence-electron chi connectivity index (χ4n) is 4.06. The number of halogens is 2. The van der Waals surface area contributed by atoms with E-state index in [1.165, 1.54) is 12.7 Å². The van der Waals surface area contributed by atoms with Gasteiger partial charge in [0.2, 0.25) is 10.9 Å². The number of nitrogens with two attached hydrogens (primary N) is 1. The van der Waals surface area contributed by atoms with Gasteiger partial charge in [-0.25, -0.2) is 24.5 Å². The highest BCUT2D eigenvalue weighted by Gasteiger charge is 2.56. The van der Waals surface area contributed by atoms with E-state index in [-0.39, 0.29) is 12.4 Å². The van der Waals surface area contributed by atoms with E-state index in [2.05, 4.69) is 15.0 Å². The highest BCUT2D eigenvalue weighted by molar-refractivity contribution is 6.52. The molecule has 2 aliphatic heterocycles. The van der Waals surface area contributed by atoms with Crippen molar-refractivity contribution in [3.8, 4) is 0 Å². The number of ether oxygens (including phenoxy) is 5. The first kappa shape index (κ1) is 25.8. The van der Waals surface area contributed by atoms with Gasteiger partial charge in [-0.1, -0.05) is 44.0 Å². The van der Waals surface area contributed by atoms with Crippen LogP contribution in [-0.2, 0) is 33.3 Å². The SMILES string of the molecule is CC1(C)O[C@@H]2[C@H](O1)[C@@H](COC(=O)C(OC(=O)C(Cl)Cl)C(C)(C)C)O[C@H]2n1cnc2c(N)ncnc21. The molecule has 0 saturated carbocycles. The van der Waals surface area contributed by atoms with Crippen molar-refractivity contribution < 1.29 is 33.3 Å². The van der Waals surface area contributed by atoms with Gasteiger partial charge < -0.3 is 29.4 Å². The summed E-state index contributed by atoms with van der Waals surface area (Å²) in [6.45, 7) is 8.53. The zero-order chi connectivity index (χ0) is 25.7. The summed E-state index contributed by atoms with van der Waals surface area (Å²) in [7, 11) is 0. The van der Waals surface area contributed by atoms with Crippen molar-refractivity contribution in [3.05, 3.63) is 12.7 Å². The Kier molecular flexibility index (Phi) is 6.88. The predicted molar refractivity (Wildman–Crippen MR) is 123 cm³/mol. The molecule has 0 radical (unpaired) electrons. The molecule has 4 heterocycles. The van der Waals surface area contributed by atoms with Gasteiger partial charge in [0.25, 0.3) is 0 Å². The quantitative estimate of drug-likeness (QED) is 0.431. The number of anilines is 1. The molecular formula is C21H27Cl2N5O7. The minimum absolute atomic E-state index is 0.186. The number of hydrogen-bond acceptors (Lipinski definition) is 11. The van der Waals surface area contributed by atoms with Crippen molar-refractivity contribution in [3.63, 3.8) is 0 Å². The van der Waals surface area contributed by atoms with Crippen molar-refractivity contribution in [1.82, 2.24) is 19.5 Å². The number of nitrogen functional groups attached to an aromatic ring is 1. The van der Waals surface area contributed by atoms with Crippen LogP contribution in [-0.4, -0.2) is 73.1 Å². The summed E-state index contributed by atoms with van der Waals surface area (Å²) in [5.74, 6) is -2.37. The van der Waals surface area contributed by atoms with Gasteiger partial charge in [-0.3, -0.25) is 4.57 Å². The number of hydrogen-bond donors (Lipinski definition) is 1. The monoisotopic (exact) mass is 531 g/mol. The maximum atomic E-state index is 12.9. The van der Waals surface area contributed by atoms with Gasteiger partial charge in [0.05, 0.1) is 6.33 Å². The van der Waals surface area contributed by atoms with E-state index in [1.807, 2.05) is 0 Å². The van der Waals surface area contributed by atoms with Crippen LogP contribution in [0.3, 0.4) is 0 Å². The normalized spacial score (nSPS) is 26.6. The van der Waals surface area contributed by atoms with Crippen molar-refractivity contribution in [1.29, 1.82) is 0 Å². The summed E-state index contributed by atoms with van der Waals surface area (Å²) in [5, 5.41) is 0. The Labute approximate surface area is 211 Å². The van der Waals surface area contributed by atoms with Crippen LogP contribution in [0.15, 0.2) is 12.7 Å². The minimum Gasteiger partial charge on any atom is -0.460 e. The van der Waals surface area contributed by atoms with Gasteiger partial charge >= 0.3 is 11.9 Å². The fraction of sp³-hybridized carbons (Fsp3) is 0.667. The smallest absolute Gasteiger partial charge is 0.348 e. The van der Waals surface area contributed by atoms with E-state index in [9.17, 15) is 9.59 Å². The lowest BCUT2D eigenvalue weighted by Crippen LogP contribution is -2.42. The molecule has 0 aromatic carbocycles. The molecule has 0 aliphatic carbocycles. The average molecular weight is 532 g/mol. The van der Waals surface area contributed by atoms with Crippen molar-refractivity contribution in [2.45, 2.75) is 75.9 Å². The van der Waals surface area contributed by atoms with Crippen molar-refractivity contribution >= 4 is 52.1 Å². The van der Waals surface area contributed by atoms with Crippen LogP contribution in [0.5, 0.6) is 0 Å². The minimum atomic E-state index is -1.43. The highest BCUT2D eigenvalue weighted by atomic mass is 35.5. The molecule has 2 aromatic rings. The Morgan fingerprint density at radius 3 is 2.51 bits per heavy atom. The number of carbonyl (C=O) groups excluding carboxylic acids is 2. The lowest BCUT2D eigenvalue weighted by Gasteiger charge is -2.29. The molecule has 2 N–H and O–H groups in total. The van der Waals surface area contributed by atoms with Crippen molar-refractivity contribution in [2.24, 2.45) is 5.41 Å². The largest absolute Gasteiger partial charge is 0.460 e. The molecule has 14 heteroatoms. The zero-order valence-corrected chi connectivity index (χ0v) is 21.3. The first-order valence-corrected chi connectivity index (χ1v) is 11.7. The summed E-state index contributed by atoms with van der Waals surface area (Å²) < 4.78 is 30.7. The lowest BCUT2D eigenvalue weighted by molar-refractivity contribution is -0.204. The molecule has 2 aromatic heterocycles. The van der Waals surface area contributed by atoms with Gasteiger partial charge in [-0.15, -0.1) is 0 Å². The Hall–Kier alpha value is -2.25. The molecule has 192 valence electrons. The third kappa shape index (κ3) is 5.17. The Morgan fingerprint density at radius 1 is 1.17 bits per heavy atom. The summed E-state index contributed by atoms with van der Waals surface area (Å²) in [6, 6.07) is 0. The number of aromatic nitrogens is 4. The number of rotatable bonds is 6. The summed E-state index contributed by atoms with van der Waals surface area (Å²) >= 11 is 11.2. The second kappa shape index (κ2) is 9.32. The molecule has 4 rings (SSSR count). The van der Waals surface area contributed by atoms with E-state index < -0.39 is 58.6 Å². The average Bonchev–Trinajstić information content (AvgIpc) is 3.40. The van der Waals surface area contributed by atoms with Gasteiger partial charge in [0, 0.05) is 5.41 Å².